The van der Waals surface area contributed by atoms with Crippen molar-refractivity contribution in [2.24, 2.45) is 10.7 Å². The molecule has 32 heavy (non-hydrogen) atoms. The van der Waals surface area contributed by atoms with Crippen molar-refractivity contribution >= 4 is 27.9 Å². The smallest absolute Gasteiger partial charge is 0.239 e. The van der Waals surface area contributed by atoms with Gasteiger partial charge in [0.15, 0.2) is 11.9 Å². The highest BCUT2D eigenvalue weighted by atomic mass is 32.2. The van der Waals surface area contributed by atoms with Gasteiger partial charge in [-0.15, -0.1) is 6.42 Å². The van der Waals surface area contributed by atoms with E-state index in [0.29, 0.717) is 11.1 Å². The number of rotatable bonds is 4. The van der Waals surface area contributed by atoms with E-state index in [1.54, 1.807) is 6.92 Å². The fourth-order valence-corrected chi connectivity index (χ4v) is 5.09. The van der Waals surface area contributed by atoms with Crippen molar-refractivity contribution in [2.45, 2.75) is 25.0 Å². The molecule has 1 aliphatic heterocycles. The Bertz CT molecular complexity index is 1300. The highest BCUT2D eigenvalue weighted by molar-refractivity contribution is 7.89. The summed E-state index contributed by atoms with van der Waals surface area (Å²) in [5.74, 6) is 0.653. The Hall–Kier alpha value is -3.52. The van der Waals surface area contributed by atoms with Gasteiger partial charge < -0.3 is 10.5 Å². The van der Waals surface area contributed by atoms with Crippen molar-refractivity contribution in [1.29, 1.82) is 0 Å². The van der Waals surface area contributed by atoms with E-state index in [4.69, 9.17) is 16.9 Å². The fourth-order valence-electron chi connectivity index (χ4n) is 3.64. The number of benzene rings is 1. The summed E-state index contributed by atoms with van der Waals surface area (Å²) >= 11 is 0. The molecular weight excluding hydrogens is 440 g/mol. The molecule has 2 aromatic rings. The van der Waals surface area contributed by atoms with Crippen molar-refractivity contribution in [3.8, 4) is 18.2 Å². The summed E-state index contributed by atoms with van der Waals surface area (Å²) in [7, 11) is -2.40. The average molecular weight is 459 g/mol. The van der Waals surface area contributed by atoms with Crippen LogP contribution in [0, 0.1) is 18.2 Å². The number of hydrogen-bond acceptors (Lipinski definition) is 7. The molecule has 11 heteroatoms. The Kier molecular flexibility index (Phi) is 5.13. The van der Waals surface area contributed by atoms with Gasteiger partial charge in [0.1, 0.15) is 17.1 Å². The summed E-state index contributed by atoms with van der Waals surface area (Å²) in [5, 5.41) is 0. The van der Waals surface area contributed by atoms with Crippen molar-refractivity contribution in [1.82, 2.24) is 14.3 Å². The second kappa shape index (κ2) is 7.56. The second-order valence-electron chi connectivity index (χ2n) is 7.59. The minimum atomic E-state index is -3.71. The molecule has 4 rings (SSSR count). The van der Waals surface area contributed by atoms with Crippen LogP contribution in [0.15, 0.2) is 29.5 Å². The number of aliphatic imine (C=N–C) groups is 1. The molecule has 2 aliphatic rings. The summed E-state index contributed by atoms with van der Waals surface area (Å²) in [6.45, 7) is 1.65. The first-order valence-corrected chi connectivity index (χ1v) is 11.1. The predicted molar refractivity (Wildman–Crippen MR) is 115 cm³/mol. The number of ether oxygens (including phenoxy) is 1. The minimum Gasteiger partial charge on any atom is -0.460 e. The molecule has 0 radical (unpaired) electrons. The number of halogens is 2. The summed E-state index contributed by atoms with van der Waals surface area (Å²) < 4.78 is 60.4. The van der Waals surface area contributed by atoms with Crippen LogP contribution in [0.3, 0.4) is 0 Å². The van der Waals surface area contributed by atoms with Crippen LogP contribution >= 0.6 is 0 Å². The molecule has 1 aromatic carbocycles. The molecule has 0 unspecified atom stereocenters. The zero-order valence-corrected chi connectivity index (χ0v) is 18.0. The maximum absolute atomic E-state index is 14.7. The number of guanidine groups is 1. The monoisotopic (exact) mass is 459 g/mol. The lowest BCUT2D eigenvalue weighted by Gasteiger charge is -2.44. The molecule has 0 fully saturated rings. The van der Waals surface area contributed by atoms with E-state index >= 15 is 0 Å². The second-order valence-corrected chi connectivity index (χ2v) is 9.59. The maximum Gasteiger partial charge on any atom is 0.239 e. The molecule has 166 valence electrons. The van der Waals surface area contributed by atoms with Crippen LogP contribution in [0.2, 0.25) is 0 Å². The number of sulfonamides is 1. The maximum atomic E-state index is 14.7. The van der Waals surface area contributed by atoms with Gasteiger partial charge in [-0.3, -0.25) is 0 Å². The molecule has 1 aromatic heterocycles. The molecule has 0 saturated heterocycles. The predicted octanol–water partition coefficient (Wildman–Crippen LogP) is 1.83. The van der Waals surface area contributed by atoms with Crippen LogP contribution in [-0.4, -0.2) is 47.6 Å². The van der Waals surface area contributed by atoms with Crippen molar-refractivity contribution in [3.63, 3.8) is 0 Å². The number of terminal acetylenes is 1. The van der Waals surface area contributed by atoms with E-state index in [0.717, 1.165) is 16.6 Å². The highest BCUT2D eigenvalue weighted by Crippen LogP contribution is 2.47. The van der Waals surface area contributed by atoms with Gasteiger partial charge in [-0.25, -0.2) is 36.5 Å². The Labute approximate surface area is 183 Å². The standard InChI is InChI=1S/C21H19F2N5O3S/c1-4-12(2)31-19-10-25-18(9-26-19)17(23)7-13-5-15-14(16(22)6-13)8-21(15)11-32(29,30)28(3)20(24)27-21/h1,5-7,9-10,12H,8,11H2,2-3H3,(H2,24,27)/b17-7-/t12-,21-/m0/s1. The third kappa shape index (κ3) is 3.67. The van der Waals surface area contributed by atoms with Crippen LogP contribution in [-0.2, 0) is 22.0 Å². The number of aromatic nitrogens is 2. The van der Waals surface area contributed by atoms with Crippen molar-refractivity contribution in [3.05, 3.63) is 52.7 Å². The summed E-state index contributed by atoms with van der Waals surface area (Å²) in [6.07, 6.45) is 8.28. The van der Waals surface area contributed by atoms with E-state index in [1.807, 2.05) is 0 Å². The molecule has 0 saturated carbocycles. The molecule has 1 spiro atoms. The largest absolute Gasteiger partial charge is 0.460 e. The van der Waals surface area contributed by atoms with Crippen LogP contribution in [0.1, 0.15) is 29.3 Å². The zero-order chi connectivity index (χ0) is 23.3. The summed E-state index contributed by atoms with van der Waals surface area (Å²) in [4.78, 5) is 12.2. The third-order valence-electron chi connectivity index (χ3n) is 5.38. The normalized spacial score (nSPS) is 22.4. The lowest BCUT2D eigenvalue weighted by Crippen LogP contribution is -2.55. The molecule has 2 heterocycles. The van der Waals surface area contributed by atoms with Crippen molar-refractivity contribution in [2.75, 3.05) is 12.8 Å². The Balaban J connectivity index is 1.65. The zero-order valence-electron chi connectivity index (χ0n) is 17.2. The van der Waals surface area contributed by atoms with Gasteiger partial charge in [0.05, 0.1) is 18.1 Å². The highest BCUT2D eigenvalue weighted by Gasteiger charge is 2.51. The molecule has 2 N–H and O–H groups in total. The molecular formula is C21H19F2N5O3S. The molecule has 1 aliphatic carbocycles. The van der Waals surface area contributed by atoms with Crippen LogP contribution in [0.25, 0.3) is 11.9 Å². The SMILES string of the molecule is C#C[C@H](C)Oc1cnc(/C(F)=C/c2cc(F)c3c(c2)[C@]2(C3)CS(=O)(=O)N(C)C(N)=N2)cn1. The number of fused-ring (bicyclic) bond motifs is 2. The lowest BCUT2D eigenvalue weighted by atomic mass is 9.71. The number of nitrogens with zero attached hydrogens (tertiary/aromatic N) is 4. The van der Waals surface area contributed by atoms with E-state index in [1.165, 1.54) is 25.4 Å². The minimum absolute atomic E-state index is 0.0901. The molecule has 0 bridgehead atoms. The van der Waals surface area contributed by atoms with Gasteiger partial charge in [0.25, 0.3) is 0 Å². The van der Waals surface area contributed by atoms with Gasteiger partial charge in [0.2, 0.25) is 21.9 Å². The molecule has 2 atom stereocenters. The fraction of sp³-hybridized carbons (Fsp3) is 0.286. The van der Waals surface area contributed by atoms with E-state index < -0.39 is 33.3 Å². The first-order chi connectivity index (χ1) is 15.0. The van der Waals surface area contributed by atoms with Gasteiger partial charge >= 0.3 is 0 Å². The van der Waals surface area contributed by atoms with E-state index in [-0.39, 0.29) is 35.3 Å². The van der Waals surface area contributed by atoms with Gasteiger partial charge in [-0.1, -0.05) is 5.92 Å². The Morgan fingerprint density at radius 1 is 1.41 bits per heavy atom. The first kappa shape index (κ1) is 21.7. The summed E-state index contributed by atoms with van der Waals surface area (Å²) in [6, 6.07) is 2.68. The third-order valence-corrected chi connectivity index (χ3v) is 7.24. The van der Waals surface area contributed by atoms with Gasteiger partial charge in [0, 0.05) is 13.5 Å². The van der Waals surface area contributed by atoms with Crippen LogP contribution in [0.4, 0.5) is 8.78 Å². The van der Waals surface area contributed by atoms with Crippen LogP contribution in [0.5, 0.6) is 5.88 Å². The first-order valence-electron chi connectivity index (χ1n) is 9.52. The lowest BCUT2D eigenvalue weighted by molar-refractivity contribution is 0.266. The van der Waals surface area contributed by atoms with Gasteiger partial charge in [-0.2, -0.15) is 0 Å². The number of nitrogens with two attached hydrogens (primary N) is 1. The Morgan fingerprint density at radius 2 is 2.16 bits per heavy atom. The molecule has 8 nitrogen and oxygen atoms in total. The van der Waals surface area contributed by atoms with Crippen LogP contribution < -0.4 is 10.5 Å². The number of hydrogen-bond donors (Lipinski definition) is 1. The van der Waals surface area contributed by atoms with E-state index in [9.17, 15) is 17.2 Å². The van der Waals surface area contributed by atoms with Gasteiger partial charge in [-0.05, 0) is 41.8 Å². The summed E-state index contributed by atoms with van der Waals surface area (Å²) in [5.41, 5.74) is 5.39. The van der Waals surface area contributed by atoms with Crippen molar-refractivity contribution < 1.29 is 21.9 Å². The quantitative estimate of drug-likeness (QED) is 0.699. The molecule has 0 amide bonds. The average Bonchev–Trinajstić information content (AvgIpc) is 2.73. The topological polar surface area (TPSA) is 111 Å². The van der Waals surface area contributed by atoms with E-state index in [2.05, 4.69) is 20.9 Å². The Morgan fingerprint density at radius 3 is 2.78 bits per heavy atom.